The Kier molecular flexibility index (Phi) is 5.65. The highest BCUT2D eigenvalue weighted by molar-refractivity contribution is 6.30. The van der Waals surface area contributed by atoms with Crippen LogP contribution in [-0.2, 0) is 13.6 Å². The van der Waals surface area contributed by atoms with E-state index in [1.807, 2.05) is 54.2 Å². The Balaban J connectivity index is 1.52. The van der Waals surface area contributed by atoms with Crippen LogP contribution in [-0.4, -0.2) is 47.6 Å². The molecule has 1 aromatic heterocycles. The summed E-state index contributed by atoms with van der Waals surface area (Å²) in [5, 5.41) is 0.753. The fourth-order valence-corrected chi connectivity index (χ4v) is 4.02. The van der Waals surface area contributed by atoms with Gasteiger partial charge in [-0.3, -0.25) is 14.4 Å². The van der Waals surface area contributed by atoms with Gasteiger partial charge < -0.3 is 9.64 Å². The van der Waals surface area contributed by atoms with Gasteiger partial charge in [0, 0.05) is 50.5 Å². The number of hydrogen-bond acceptors (Lipinski definition) is 4. The number of methoxy groups -OCH3 is 1. The Bertz CT molecular complexity index is 1020. The zero-order chi connectivity index (χ0) is 20.4. The summed E-state index contributed by atoms with van der Waals surface area (Å²) >= 11 is 6.00. The molecule has 152 valence electrons. The lowest BCUT2D eigenvalue weighted by molar-refractivity contribution is 0.239. The fourth-order valence-electron chi connectivity index (χ4n) is 3.89. The van der Waals surface area contributed by atoms with Crippen LogP contribution in [0, 0.1) is 0 Å². The van der Waals surface area contributed by atoms with Crippen molar-refractivity contribution in [3.63, 3.8) is 0 Å². The Morgan fingerprint density at radius 1 is 0.931 bits per heavy atom. The van der Waals surface area contributed by atoms with Gasteiger partial charge >= 0.3 is 5.56 Å². The first kappa shape index (κ1) is 19.6. The van der Waals surface area contributed by atoms with Crippen LogP contribution in [0.1, 0.15) is 5.69 Å². The highest BCUT2D eigenvalue weighted by Crippen LogP contribution is 2.22. The number of halogens is 1. The van der Waals surface area contributed by atoms with Gasteiger partial charge in [-0.25, -0.2) is 4.68 Å². The fraction of sp³-hybridized carbons (Fsp3) is 0.318. The van der Waals surface area contributed by atoms with E-state index in [0.717, 1.165) is 42.6 Å². The molecule has 1 aliphatic heterocycles. The van der Waals surface area contributed by atoms with Crippen molar-refractivity contribution in [1.82, 2.24) is 14.3 Å². The minimum absolute atomic E-state index is 0.129. The van der Waals surface area contributed by atoms with Crippen molar-refractivity contribution in [2.45, 2.75) is 6.54 Å². The molecular weight excluding hydrogens is 388 g/mol. The van der Waals surface area contributed by atoms with Crippen molar-refractivity contribution in [2.24, 2.45) is 7.05 Å². The number of ether oxygens (including phenoxy) is 1. The van der Waals surface area contributed by atoms with E-state index < -0.39 is 0 Å². The van der Waals surface area contributed by atoms with Crippen LogP contribution in [0.25, 0.3) is 5.69 Å². The highest BCUT2D eigenvalue weighted by Gasteiger charge is 2.24. The molecule has 2 aromatic carbocycles. The zero-order valence-electron chi connectivity index (χ0n) is 16.7. The quantitative estimate of drug-likeness (QED) is 0.645. The lowest BCUT2D eigenvalue weighted by Crippen LogP contribution is -2.46. The smallest absolute Gasteiger partial charge is 0.314 e. The van der Waals surface area contributed by atoms with Gasteiger partial charge in [-0.05, 0) is 36.4 Å². The standard InChI is InChI=1S/C22H25ClN4O2/c1-24-20(21(29-2)22(28)27(24)19-6-4-3-5-7-19)16-25-12-14-26(15-13-25)18-10-8-17(23)9-11-18/h3-11H,12-16H2,1-2H3. The molecule has 0 amide bonds. The second-order valence-corrected chi connectivity index (χ2v) is 7.63. The predicted octanol–water partition coefficient (Wildman–Crippen LogP) is 3.16. The SMILES string of the molecule is COc1c(CN2CCN(c3ccc(Cl)cc3)CC2)n(C)n(-c2ccccc2)c1=O. The molecule has 0 radical (unpaired) electrons. The molecule has 6 nitrogen and oxygen atoms in total. The minimum Gasteiger partial charge on any atom is -0.490 e. The molecule has 0 saturated carbocycles. The number of anilines is 1. The zero-order valence-corrected chi connectivity index (χ0v) is 17.5. The number of nitrogens with zero attached hydrogens (tertiary/aromatic N) is 4. The maximum absolute atomic E-state index is 12.9. The third-order valence-electron chi connectivity index (χ3n) is 5.48. The first-order chi connectivity index (χ1) is 14.1. The second-order valence-electron chi connectivity index (χ2n) is 7.20. The van der Waals surface area contributed by atoms with Crippen molar-refractivity contribution in [3.8, 4) is 11.4 Å². The van der Waals surface area contributed by atoms with Gasteiger partial charge in [0.2, 0.25) is 5.75 Å². The molecule has 0 aliphatic carbocycles. The minimum atomic E-state index is -0.129. The van der Waals surface area contributed by atoms with E-state index in [-0.39, 0.29) is 5.56 Å². The maximum Gasteiger partial charge on any atom is 0.314 e. The van der Waals surface area contributed by atoms with Crippen molar-refractivity contribution in [2.75, 3.05) is 38.2 Å². The summed E-state index contributed by atoms with van der Waals surface area (Å²) in [7, 11) is 3.48. The summed E-state index contributed by atoms with van der Waals surface area (Å²) in [5.41, 5.74) is 2.78. The number of rotatable bonds is 5. The molecule has 3 aromatic rings. The molecule has 4 rings (SSSR count). The number of benzene rings is 2. The summed E-state index contributed by atoms with van der Waals surface area (Å²) in [4.78, 5) is 17.6. The summed E-state index contributed by atoms with van der Waals surface area (Å²) in [5.74, 6) is 0.413. The van der Waals surface area contributed by atoms with E-state index in [2.05, 4.69) is 21.9 Å². The largest absolute Gasteiger partial charge is 0.490 e. The second kappa shape index (κ2) is 8.35. The van der Waals surface area contributed by atoms with Crippen molar-refractivity contribution in [1.29, 1.82) is 0 Å². The van der Waals surface area contributed by atoms with Gasteiger partial charge in [-0.2, -0.15) is 0 Å². The van der Waals surface area contributed by atoms with Gasteiger partial charge in [0.15, 0.2) is 0 Å². The van der Waals surface area contributed by atoms with Crippen LogP contribution >= 0.6 is 11.6 Å². The topological polar surface area (TPSA) is 42.6 Å². The predicted molar refractivity (Wildman–Crippen MR) is 117 cm³/mol. The normalized spacial score (nSPS) is 14.9. The molecular formula is C22H25ClN4O2. The van der Waals surface area contributed by atoms with Crippen molar-refractivity contribution >= 4 is 17.3 Å². The van der Waals surface area contributed by atoms with Gasteiger partial charge in [0.05, 0.1) is 18.5 Å². The molecule has 1 fully saturated rings. The number of aromatic nitrogens is 2. The molecule has 1 saturated heterocycles. The molecule has 1 aliphatic rings. The summed E-state index contributed by atoms with van der Waals surface area (Å²) in [6.07, 6.45) is 0. The highest BCUT2D eigenvalue weighted by atomic mass is 35.5. The number of para-hydroxylation sites is 1. The summed E-state index contributed by atoms with van der Waals surface area (Å²) in [6, 6.07) is 17.6. The van der Waals surface area contributed by atoms with E-state index >= 15 is 0 Å². The van der Waals surface area contributed by atoms with Gasteiger partial charge in [-0.15, -0.1) is 0 Å². The number of hydrogen-bond donors (Lipinski definition) is 0. The Morgan fingerprint density at radius 2 is 1.59 bits per heavy atom. The van der Waals surface area contributed by atoms with E-state index in [9.17, 15) is 4.79 Å². The molecule has 0 atom stereocenters. The Hall–Kier alpha value is -2.70. The molecule has 0 N–H and O–H groups in total. The maximum atomic E-state index is 12.9. The summed E-state index contributed by atoms with van der Waals surface area (Å²) in [6.45, 7) is 4.35. The van der Waals surface area contributed by atoms with Crippen LogP contribution in [0.2, 0.25) is 5.02 Å². The van der Waals surface area contributed by atoms with Gasteiger partial charge in [0.25, 0.3) is 0 Å². The molecule has 0 spiro atoms. The van der Waals surface area contributed by atoms with E-state index in [1.165, 1.54) is 5.69 Å². The third kappa shape index (κ3) is 3.91. The molecule has 7 heteroatoms. The van der Waals surface area contributed by atoms with Crippen molar-refractivity contribution < 1.29 is 4.74 Å². The van der Waals surface area contributed by atoms with E-state index in [0.29, 0.717) is 12.3 Å². The van der Waals surface area contributed by atoms with E-state index in [4.69, 9.17) is 16.3 Å². The van der Waals surface area contributed by atoms with Crippen LogP contribution in [0.5, 0.6) is 5.75 Å². The molecule has 29 heavy (non-hydrogen) atoms. The molecule has 0 bridgehead atoms. The lowest BCUT2D eigenvalue weighted by atomic mass is 10.2. The monoisotopic (exact) mass is 412 g/mol. The van der Waals surface area contributed by atoms with Gasteiger partial charge in [0.1, 0.15) is 0 Å². The van der Waals surface area contributed by atoms with Crippen LogP contribution < -0.4 is 15.2 Å². The number of piperazine rings is 1. The summed E-state index contributed by atoms with van der Waals surface area (Å²) < 4.78 is 9.07. The van der Waals surface area contributed by atoms with Crippen molar-refractivity contribution in [3.05, 3.63) is 75.7 Å². The van der Waals surface area contributed by atoms with Gasteiger partial charge in [-0.1, -0.05) is 29.8 Å². The first-order valence-corrected chi connectivity index (χ1v) is 10.1. The van der Waals surface area contributed by atoms with Crippen LogP contribution in [0.3, 0.4) is 0 Å². The van der Waals surface area contributed by atoms with E-state index in [1.54, 1.807) is 11.8 Å². The first-order valence-electron chi connectivity index (χ1n) is 9.71. The average molecular weight is 413 g/mol. The molecule has 2 heterocycles. The van der Waals surface area contributed by atoms with Crippen LogP contribution in [0.4, 0.5) is 5.69 Å². The third-order valence-corrected chi connectivity index (χ3v) is 5.73. The Morgan fingerprint density at radius 3 is 2.21 bits per heavy atom. The average Bonchev–Trinajstić information content (AvgIpc) is 2.99. The molecule has 0 unspecified atom stereocenters. The van der Waals surface area contributed by atoms with Crippen LogP contribution in [0.15, 0.2) is 59.4 Å². The Labute approximate surface area is 175 Å². The lowest BCUT2D eigenvalue weighted by Gasteiger charge is -2.36.